The number of nitrogens with zero attached hydrogens (tertiary/aromatic N) is 1. The van der Waals surface area contributed by atoms with Crippen molar-refractivity contribution in [1.29, 1.82) is 0 Å². The molecule has 8 nitrogen and oxygen atoms in total. The van der Waals surface area contributed by atoms with Crippen molar-refractivity contribution in [1.82, 2.24) is 15.5 Å². The minimum Gasteiger partial charge on any atom is -0.467 e. The van der Waals surface area contributed by atoms with Gasteiger partial charge >= 0.3 is 5.97 Å². The van der Waals surface area contributed by atoms with Gasteiger partial charge in [0, 0.05) is 25.7 Å². The molecule has 0 aromatic carbocycles. The summed E-state index contributed by atoms with van der Waals surface area (Å²) < 4.78 is 9.81. The zero-order valence-corrected chi connectivity index (χ0v) is 12.8. The van der Waals surface area contributed by atoms with Gasteiger partial charge in [-0.25, -0.2) is 4.79 Å². The Bertz CT molecular complexity index is 608. The van der Waals surface area contributed by atoms with E-state index in [1.165, 1.54) is 25.5 Å². The lowest BCUT2D eigenvalue weighted by Gasteiger charge is -2.25. The molecule has 0 radical (unpaired) electrons. The molecular weight excluding hydrogens is 302 g/mol. The van der Waals surface area contributed by atoms with Gasteiger partial charge in [0.15, 0.2) is 0 Å². The highest BCUT2D eigenvalue weighted by Crippen LogP contribution is 2.14. The third kappa shape index (κ3) is 4.96. The number of carbonyl (C=O) groups is 3. The second-order valence-corrected chi connectivity index (χ2v) is 4.95. The maximum Gasteiger partial charge on any atom is 0.330 e. The Morgan fingerprint density at radius 3 is 3.09 bits per heavy atom. The molecule has 1 saturated heterocycles. The van der Waals surface area contributed by atoms with Crippen molar-refractivity contribution in [2.24, 2.45) is 0 Å². The minimum absolute atomic E-state index is 0.0400. The molecule has 0 atom stereocenters. The van der Waals surface area contributed by atoms with Crippen molar-refractivity contribution in [2.45, 2.75) is 6.54 Å². The smallest absolute Gasteiger partial charge is 0.330 e. The molecule has 1 fully saturated rings. The fourth-order valence-corrected chi connectivity index (χ4v) is 2.16. The molecule has 1 aliphatic heterocycles. The largest absolute Gasteiger partial charge is 0.467 e. The number of esters is 1. The van der Waals surface area contributed by atoms with Crippen LogP contribution < -0.4 is 10.6 Å². The molecule has 1 aromatic rings. The molecule has 2 heterocycles. The van der Waals surface area contributed by atoms with Crippen LogP contribution in [0.5, 0.6) is 0 Å². The van der Waals surface area contributed by atoms with Crippen molar-refractivity contribution in [2.75, 3.05) is 33.3 Å². The molecule has 0 spiro atoms. The van der Waals surface area contributed by atoms with E-state index in [2.05, 4.69) is 15.4 Å². The SMILES string of the molecule is COC(=O)/C=C/CNC(=O)c1ccoc1CN1CCNC(=O)C1. The van der Waals surface area contributed by atoms with E-state index in [0.29, 0.717) is 31.0 Å². The van der Waals surface area contributed by atoms with Crippen LogP contribution in [0.1, 0.15) is 16.1 Å². The lowest BCUT2D eigenvalue weighted by atomic mass is 10.2. The molecule has 1 aromatic heterocycles. The Hall–Kier alpha value is -2.61. The summed E-state index contributed by atoms with van der Waals surface area (Å²) in [6.45, 7) is 2.16. The molecule has 2 N–H and O–H groups in total. The molecule has 0 aliphatic carbocycles. The van der Waals surface area contributed by atoms with Crippen molar-refractivity contribution in [3.05, 3.63) is 35.8 Å². The quantitative estimate of drug-likeness (QED) is 0.550. The van der Waals surface area contributed by atoms with Crippen LogP contribution in [0, 0.1) is 0 Å². The number of hydrogen-bond donors (Lipinski definition) is 2. The Kier molecular flexibility index (Phi) is 5.93. The second-order valence-electron chi connectivity index (χ2n) is 4.95. The normalized spacial score (nSPS) is 15.4. The molecule has 2 rings (SSSR count). The van der Waals surface area contributed by atoms with E-state index in [-0.39, 0.29) is 24.9 Å². The number of amides is 2. The zero-order valence-electron chi connectivity index (χ0n) is 12.8. The predicted molar refractivity (Wildman–Crippen MR) is 80.5 cm³/mol. The molecule has 0 saturated carbocycles. The molecule has 23 heavy (non-hydrogen) atoms. The summed E-state index contributed by atoms with van der Waals surface area (Å²) in [5.41, 5.74) is 0.419. The van der Waals surface area contributed by atoms with Gasteiger partial charge < -0.3 is 19.8 Å². The number of nitrogens with one attached hydrogen (secondary N) is 2. The van der Waals surface area contributed by atoms with E-state index in [0.717, 1.165) is 0 Å². The van der Waals surface area contributed by atoms with E-state index in [1.54, 1.807) is 6.07 Å². The Morgan fingerprint density at radius 2 is 2.35 bits per heavy atom. The van der Waals surface area contributed by atoms with Gasteiger partial charge in [0.1, 0.15) is 5.76 Å². The van der Waals surface area contributed by atoms with E-state index in [1.807, 2.05) is 4.90 Å². The molecule has 8 heteroatoms. The molecule has 124 valence electrons. The van der Waals surface area contributed by atoms with E-state index in [4.69, 9.17) is 4.42 Å². The average Bonchev–Trinajstić information content (AvgIpc) is 2.99. The Balaban J connectivity index is 1.89. The number of methoxy groups -OCH3 is 1. The summed E-state index contributed by atoms with van der Waals surface area (Å²) in [5.74, 6) is -0.313. The topological polar surface area (TPSA) is 101 Å². The Morgan fingerprint density at radius 1 is 1.52 bits per heavy atom. The van der Waals surface area contributed by atoms with E-state index < -0.39 is 5.97 Å². The van der Waals surface area contributed by atoms with Crippen molar-refractivity contribution in [3.8, 4) is 0 Å². The number of piperazine rings is 1. The van der Waals surface area contributed by atoms with E-state index in [9.17, 15) is 14.4 Å². The van der Waals surface area contributed by atoms with Crippen LogP contribution in [-0.2, 0) is 20.9 Å². The lowest BCUT2D eigenvalue weighted by Crippen LogP contribution is -2.47. The maximum atomic E-state index is 12.1. The Labute approximate surface area is 133 Å². The summed E-state index contributed by atoms with van der Waals surface area (Å²) in [5, 5.41) is 5.40. The van der Waals surface area contributed by atoms with Crippen LogP contribution in [-0.4, -0.2) is 56.0 Å². The van der Waals surface area contributed by atoms with E-state index >= 15 is 0 Å². The van der Waals surface area contributed by atoms with Crippen LogP contribution in [0.3, 0.4) is 0 Å². The van der Waals surface area contributed by atoms with Gasteiger partial charge in [-0.05, 0) is 6.07 Å². The third-order valence-corrected chi connectivity index (χ3v) is 3.31. The van der Waals surface area contributed by atoms with Crippen molar-refractivity contribution >= 4 is 17.8 Å². The van der Waals surface area contributed by atoms with Gasteiger partial charge in [0.05, 0.1) is 32.0 Å². The first-order valence-electron chi connectivity index (χ1n) is 7.18. The van der Waals surface area contributed by atoms with Crippen LogP contribution >= 0.6 is 0 Å². The van der Waals surface area contributed by atoms with Gasteiger partial charge in [0.2, 0.25) is 5.91 Å². The first kappa shape index (κ1) is 16.8. The fraction of sp³-hybridized carbons (Fsp3) is 0.400. The summed E-state index contributed by atoms with van der Waals surface area (Å²) in [6.07, 6.45) is 4.18. The molecular formula is C15H19N3O5. The van der Waals surface area contributed by atoms with Crippen LogP contribution in [0.2, 0.25) is 0 Å². The first-order valence-corrected chi connectivity index (χ1v) is 7.18. The number of furan rings is 1. The highest BCUT2D eigenvalue weighted by molar-refractivity contribution is 5.95. The summed E-state index contributed by atoms with van der Waals surface area (Å²) in [4.78, 5) is 36.3. The lowest BCUT2D eigenvalue weighted by molar-refractivity contribution is -0.134. The standard InChI is InChI=1S/C15H19N3O5/c1-22-14(20)3-2-5-17-15(21)11-4-8-23-12(11)9-18-7-6-16-13(19)10-18/h2-4,8H,5-7,9-10H2,1H3,(H,16,19)(H,17,21)/b3-2+. The molecule has 1 aliphatic rings. The summed E-state index contributed by atoms with van der Waals surface area (Å²) >= 11 is 0. The third-order valence-electron chi connectivity index (χ3n) is 3.31. The number of rotatable bonds is 6. The molecule has 0 bridgehead atoms. The van der Waals surface area contributed by atoms with Crippen LogP contribution in [0.15, 0.2) is 28.9 Å². The van der Waals surface area contributed by atoms with Gasteiger partial charge in [-0.1, -0.05) is 6.08 Å². The first-order chi connectivity index (χ1) is 11.1. The minimum atomic E-state index is -0.480. The molecule has 0 unspecified atom stereocenters. The second kappa shape index (κ2) is 8.14. The predicted octanol–water partition coefficient (Wildman–Crippen LogP) is -0.330. The summed E-state index contributed by atoms with van der Waals surface area (Å²) in [7, 11) is 1.28. The van der Waals surface area contributed by atoms with Crippen LogP contribution in [0.25, 0.3) is 0 Å². The van der Waals surface area contributed by atoms with Crippen molar-refractivity contribution in [3.63, 3.8) is 0 Å². The average molecular weight is 321 g/mol. The zero-order chi connectivity index (χ0) is 16.7. The monoisotopic (exact) mass is 321 g/mol. The highest BCUT2D eigenvalue weighted by Gasteiger charge is 2.21. The van der Waals surface area contributed by atoms with Gasteiger partial charge in [-0.15, -0.1) is 0 Å². The number of hydrogen-bond acceptors (Lipinski definition) is 6. The van der Waals surface area contributed by atoms with Gasteiger partial charge in [0.25, 0.3) is 5.91 Å². The van der Waals surface area contributed by atoms with Gasteiger partial charge in [-0.2, -0.15) is 0 Å². The van der Waals surface area contributed by atoms with Crippen LogP contribution in [0.4, 0.5) is 0 Å². The molecule has 2 amide bonds. The maximum absolute atomic E-state index is 12.1. The van der Waals surface area contributed by atoms with Gasteiger partial charge in [-0.3, -0.25) is 14.5 Å². The summed E-state index contributed by atoms with van der Waals surface area (Å²) in [6, 6.07) is 1.58. The van der Waals surface area contributed by atoms with Crippen molar-refractivity contribution < 1.29 is 23.5 Å². The highest BCUT2D eigenvalue weighted by atomic mass is 16.5. The number of carbonyl (C=O) groups excluding carboxylic acids is 3. The fourth-order valence-electron chi connectivity index (χ4n) is 2.16. The number of ether oxygens (including phenoxy) is 1.